The molecule has 13 saturated carbocycles. The third-order valence-corrected chi connectivity index (χ3v) is 20.5. The van der Waals surface area contributed by atoms with Crippen molar-refractivity contribution in [3.8, 4) is 11.5 Å². The maximum absolute atomic E-state index is 12.4. The van der Waals surface area contributed by atoms with Crippen molar-refractivity contribution in [1.29, 1.82) is 0 Å². The molecule has 0 amide bonds. The molecule has 370 valence electrons. The van der Waals surface area contributed by atoms with E-state index in [9.17, 15) is 10.2 Å². The van der Waals surface area contributed by atoms with Crippen molar-refractivity contribution in [3.05, 3.63) is 65.4 Å². The van der Waals surface area contributed by atoms with Crippen molar-refractivity contribution in [2.24, 2.45) is 41.4 Å². The van der Waals surface area contributed by atoms with E-state index in [4.69, 9.17) is 23.3 Å². The molecule has 5 N–H and O–H groups in total. The monoisotopic (exact) mass is 943 g/mol. The molecule has 0 aliphatic heterocycles. The van der Waals surface area contributed by atoms with Crippen LogP contribution in [0.4, 0.5) is 0 Å². The van der Waals surface area contributed by atoms with Gasteiger partial charge in [0.1, 0.15) is 5.76 Å². The molecule has 0 saturated heterocycles. The number of nitrogens with zero attached hydrogens (tertiary/aromatic N) is 5. The van der Waals surface area contributed by atoms with Gasteiger partial charge in [-0.05, 0) is 195 Å². The Morgan fingerprint density at radius 1 is 0.652 bits per heavy atom. The summed E-state index contributed by atoms with van der Waals surface area (Å²) in [4.78, 5) is 9.61. The molecule has 17 rings (SSSR count). The van der Waals surface area contributed by atoms with Crippen molar-refractivity contribution < 1.29 is 28.5 Å². The molecule has 3 aromatic heterocycles. The molecule has 10 unspecified atom stereocenters. The normalized spacial score (nSPS) is 43.8. The van der Waals surface area contributed by atoms with Crippen LogP contribution in [0.25, 0.3) is 11.5 Å². The van der Waals surface area contributed by atoms with Gasteiger partial charge in [-0.1, -0.05) is 40.6 Å². The summed E-state index contributed by atoms with van der Waals surface area (Å²) in [5.74, 6) is 8.14. The predicted molar refractivity (Wildman–Crippen MR) is 254 cm³/mol. The molecule has 3 heterocycles. The molecule has 1 aromatic carbocycles. The first-order valence-electron chi connectivity index (χ1n) is 27.4. The van der Waals surface area contributed by atoms with Crippen molar-refractivity contribution in [2.75, 3.05) is 0 Å². The van der Waals surface area contributed by atoms with Gasteiger partial charge >= 0.3 is 0 Å². The van der Waals surface area contributed by atoms with Crippen LogP contribution in [0, 0.1) is 41.4 Å². The van der Waals surface area contributed by atoms with Crippen LogP contribution in [0.5, 0.6) is 0 Å². The lowest BCUT2D eigenvalue weighted by atomic mass is 9.46. The van der Waals surface area contributed by atoms with E-state index >= 15 is 0 Å². The second-order valence-electron chi connectivity index (χ2n) is 26.0. The van der Waals surface area contributed by atoms with E-state index in [1.807, 2.05) is 30.3 Å². The van der Waals surface area contributed by atoms with E-state index in [0.29, 0.717) is 72.8 Å². The minimum atomic E-state index is -0.686. The topological polar surface area (TPSA) is 190 Å². The second-order valence-corrected chi connectivity index (χ2v) is 26.0. The highest BCUT2D eigenvalue weighted by Gasteiger charge is 2.63. The highest BCUT2D eigenvalue weighted by molar-refractivity contribution is 5.52. The summed E-state index contributed by atoms with van der Waals surface area (Å²) in [6.07, 6.45) is 24.1. The van der Waals surface area contributed by atoms with Gasteiger partial charge in [-0.25, -0.2) is 0 Å². The number of hydrogen-bond donors (Lipinski definition) is 5. The van der Waals surface area contributed by atoms with Crippen LogP contribution in [0.15, 0.2) is 50.0 Å². The summed E-state index contributed by atoms with van der Waals surface area (Å²) >= 11 is 0. The molecule has 12 bridgehead atoms. The van der Waals surface area contributed by atoms with Crippen LogP contribution >= 0.6 is 0 Å². The SMILES string of the molecule is CC(CC1C2CC3CC(NCc4noc(-c5ccccc5)n4)(C2)CC1(O)C3)c1cc(CNC23CC4CC(C2)CC(OC2CCC(c5nc(CNC67CC8CC(CC(O)(C8)C6)C7)no5)CC2)(C4)C3)no1. The molecule has 0 radical (unpaired) electrons. The average Bonchev–Trinajstić information content (AvgIpc) is 4.10. The van der Waals surface area contributed by atoms with Gasteiger partial charge in [-0.2, -0.15) is 9.97 Å². The van der Waals surface area contributed by atoms with E-state index in [1.54, 1.807) is 0 Å². The van der Waals surface area contributed by atoms with Crippen LogP contribution in [0.1, 0.15) is 189 Å². The van der Waals surface area contributed by atoms with E-state index < -0.39 is 11.2 Å². The van der Waals surface area contributed by atoms with E-state index in [2.05, 4.69) is 49.4 Å². The highest BCUT2D eigenvalue weighted by Crippen LogP contribution is 2.63. The Labute approximate surface area is 406 Å². The second kappa shape index (κ2) is 16.2. The maximum atomic E-state index is 12.4. The summed E-state index contributed by atoms with van der Waals surface area (Å²) in [5.41, 5.74) is 0.709. The van der Waals surface area contributed by atoms with Gasteiger partial charge in [-0.3, -0.25) is 0 Å². The van der Waals surface area contributed by atoms with Crippen molar-refractivity contribution >= 4 is 0 Å². The van der Waals surface area contributed by atoms with Crippen LogP contribution in [-0.2, 0) is 24.4 Å². The smallest absolute Gasteiger partial charge is 0.257 e. The summed E-state index contributed by atoms with van der Waals surface area (Å²) < 4.78 is 25.0. The van der Waals surface area contributed by atoms with Crippen molar-refractivity contribution in [1.82, 2.24) is 41.4 Å². The zero-order valence-corrected chi connectivity index (χ0v) is 40.7. The number of nitrogens with one attached hydrogen (secondary N) is 3. The summed E-state index contributed by atoms with van der Waals surface area (Å²) in [5, 5.41) is 48.8. The molecule has 69 heavy (non-hydrogen) atoms. The molecule has 4 aromatic rings. The first-order chi connectivity index (χ1) is 33.4. The van der Waals surface area contributed by atoms with Crippen molar-refractivity contribution in [3.63, 3.8) is 0 Å². The van der Waals surface area contributed by atoms with Crippen molar-refractivity contribution in [2.45, 2.75) is 219 Å². The average molecular weight is 943 g/mol. The molecule has 14 heteroatoms. The Hall–Kier alpha value is -3.53. The van der Waals surface area contributed by atoms with Gasteiger partial charge in [0.15, 0.2) is 11.6 Å². The Balaban J connectivity index is 0.565. The molecular weight excluding hydrogens is 869 g/mol. The van der Waals surface area contributed by atoms with Gasteiger partial charge in [0, 0.05) is 46.6 Å². The zero-order valence-electron chi connectivity index (χ0n) is 40.7. The quantitative estimate of drug-likeness (QED) is 0.0717. The standard InChI is InChI=1S/C55H74N8O6/c1-33(11-44-41-14-38-20-52(26-41,32-55(44,65)25-38)58-29-47-59-48(68-62-47)39-5-3-2-4-6-39)45-15-42(61-67-45)27-56-51-18-36-13-37(19-51)24-54(23-36,31-51)66-43-9-7-40(8-10-43)49-60-46(63-69-49)28-57-50-16-34-12-35(17-50)22-53(64,21-34)30-50/h2-6,15,33-38,40-41,43-44,56-58,64-65H,7-14,16-32H2,1H3. The lowest BCUT2D eigenvalue weighted by Gasteiger charge is -2.64. The molecule has 13 aliphatic rings. The third-order valence-electron chi connectivity index (χ3n) is 20.5. The predicted octanol–water partition coefficient (Wildman–Crippen LogP) is 8.80. The summed E-state index contributed by atoms with van der Waals surface area (Å²) in [7, 11) is 0. The van der Waals surface area contributed by atoms with Crippen LogP contribution < -0.4 is 16.0 Å². The minimum Gasteiger partial charge on any atom is -0.390 e. The molecule has 0 spiro atoms. The summed E-state index contributed by atoms with van der Waals surface area (Å²) in [6.45, 7) is 4.13. The minimum absolute atomic E-state index is 0.0260. The lowest BCUT2D eigenvalue weighted by molar-refractivity contribution is -0.204. The Kier molecular flexibility index (Phi) is 10.4. The van der Waals surface area contributed by atoms with E-state index in [-0.39, 0.29) is 40.2 Å². The van der Waals surface area contributed by atoms with Gasteiger partial charge in [-0.15, -0.1) is 0 Å². The Morgan fingerprint density at radius 3 is 2.00 bits per heavy atom. The molecular formula is C55H74N8O6. The zero-order chi connectivity index (χ0) is 46.2. The first-order valence-corrected chi connectivity index (χ1v) is 27.4. The van der Waals surface area contributed by atoms with Gasteiger partial charge in [0.25, 0.3) is 5.89 Å². The van der Waals surface area contributed by atoms with Crippen LogP contribution in [-0.4, -0.2) is 75.2 Å². The largest absolute Gasteiger partial charge is 0.390 e. The Morgan fingerprint density at radius 2 is 1.29 bits per heavy atom. The Bertz CT molecular complexity index is 2490. The number of benzene rings is 1. The van der Waals surface area contributed by atoms with Crippen LogP contribution in [0.2, 0.25) is 0 Å². The molecule has 10 atom stereocenters. The molecule has 13 fully saturated rings. The number of ether oxygens (including phenoxy) is 1. The molecule has 14 nitrogen and oxygen atoms in total. The van der Waals surface area contributed by atoms with E-state index in [1.165, 1.54) is 57.8 Å². The van der Waals surface area contributed by atoms with Crippen LogP contribution in [0.3, 0.4) is 0 Å². The number of aromatic nitrogens is 5. The fraction of sp³-hybridized carbons (Fsp3) is 0.764. The maximum Gasteiger partial charge on any atom is 0.257 e. The lowest BCUT2D eigenvalue weighted by Crippen LogP contribution is -2.68. The number of rotatable bonds is 16. The first kappa shape index (κ1) is 44.2. The number of hydrogen-bond acceptors (Lipinski definition) is 14. The third kappa shape index (κ3) is 8.17. The fourth-order valence-electron chi connectivity index (χ4n) is 19.0. The number of aliphatic hydroxyl groups is 2. The molecule has 13 aliphatic carbocycles. The van der Waals surface area contributed by atoms with Gasteiger partial charge < -0.3 is 44.5 Å². The van der Waals surface area contributed by atoms with Gasteiger partial charge in [0.05, 0.1) is 41.7 Å². The summed E-state index contributed by atoms with van der Waals surface area (Å²) in [6, 6.07) is 12.1. The highest BCUT2D eigenvalue weighted by atomic mass is 16.5. The van der Waals surface area contributed by atoms with Gasteiger partial charge in [0.2, 0.25) is 5.89 Å². The van der Waals surface area contributed by atoms with E-state index in [0.717, 1.165) is 112 Å². The fourth-order valence-corrected chi connectivity index (χ4v) is 19.0.